The van der Waals surface area contributed by atoms with Crippen LogP contribution in [0.3, 0.4) is 0 Å². The molecular weight excluding hydrogens is 478 g/mol. The molecule has 6 atom stereocenters. The van der Waals surface area contributed by atoms with E-state index in [2.05, 4.69) is 0 Å². The molecule has 37 heavy (non-hydrogen) atoms. The highest BCUT2D eigenvalue weighted by Crippen LogP contribution is 2.63. The van der Waals surface area contributed by atoms with Gasteiger partial charge in [-0.15, -0.1) is 0 Å². The molecule has 6 rings (SSSR count). The number of furan rings is 1. The number of amides is 6. The van der Waals surface area contributed by atoms with Crippen LogP contribution in [0.25, 0.3) is 0 Å². The second-order valence-electron chi connectivity index (χ2n) is 10.3. The minimum atomic E-state index is -1.23. The van der Waals surface area contributed by atoms with Crippen molar-refractivity contribution in [2.75, 3.05) is 4.90 Å². The molecule has 1 aromatic heterocycles. The van der Waals surface area contributed by atoms with Gasteiger partial charge in [0.05, 0.1) is 34.8 Å². The number of hydrogen-bond acceptors (Lipinski definition) is 7. The van der Waals surface area contributed by atoms with Crippen LogP contribution in [0.4, 0.5) is 10.5 Å². The van der Waals surface area contributed by atoms with E-state index in [0.717, 1.165) is 5.57 Å². The third kappa shape index (κ3) is 2.99. The second-order valence-corrected chi connectivity index (χ2v) is 10.3. The molecule has 0 radical (unpaired) electrons. The summed E-state index contributed by atoms with van der Waals surface area (Å²) in [6.07, 6.45) is 2.20. The van der Waals surface area contributed by atoms with Crippen LogP contribution in [-0.4, -0.2) is 39.7 Å². The lowest BCUT2D eigenvalue weighted by atomic mass is 9.52. The monoisotopic (exact) mass is 503 g/mol. The van der Waals surface area contributed by atoms with E-state index in [0.29, 0.717) is 22.1 Å². The van der Waals surface area contributed by atoms with Crippen molar-refractivity contribution in [3.8, 4) is 0 Å². The number of carbonyl (C=O) groups is 5. The van der Waals surface area contributed by atoms with Gasteiger partial charge in [0.15, 0.2) is 0 Å². The van der Waals surface area contributed by atoms with Crippen LogP contribution in [0.1, 0.15) is 37.2 Å². The lowest BCUT2D eigenvalue weighted by molar-refractivity contribution is -0.136. The largest absolute Gasteiger partial charge is 0.463 e. The van der Waals surface area contributed by atoms with Gasteiger partial charge in [-0.2, -0.15) is 4.90 Å². The van der Waals surface area contributed by atoms with Crippen LogP contribution in [0, 0.1) is 29.1 Å². The van der Waals surface area contributed by atoms with E-state index in [1.54, 1.807) is 49.4 Å². The van der Waals surface area contributed by atoms with Gasteiger partial charge >= 0.3 is 6.03 Å². The molecule has 2 saturated heterocycles. The summed E-state index contributed by atoms with van der Waals surface area (Å²) in [5.41, 5.74) is 5.29. The first kappa shape index (κ1) is 23.4. The molecule has 1 aromatic carbocycles. The molecule has 0 spiro atoms. The molecule has 2 aliphatic carbocycles. The Morgan fingerprint density at radius 3 is 2.43 bits per heavy atom. The normalized spacial score (nSPS) is 32.8. The minimum Gasteiger partial charge on any atom is -0.463 e. The van der Waals surface area contributed by atoms with Crippen LogP contribution >= 0.6 is 0 Å². The number of rotatable bonds is 3. The van der Waals surface area contributed by atoms with Crippen molar-refractivity contribution in [1.29, 1.82) is 0 Å². The zero-order chi connectivity index (χ0) is 26.2. The van der Waals surface area contributed by atoms with Crippen molar-refractivity contribution in [1.82, 2.24) is 4.90 Å². The first-order valence-electron chi connectivity index (χ1n) is 12.2. The number of imide groups is 4. The third-order valence-electron chi connectivity index (χ3n) is 8.63. The van der Waals surface area contributed by atoms with Crippen molar-refractivity contribution in [2.24, 2.45) is 34.8 Å². The summed E-state index contributed by atoms with van der Waals surface area (Å²) in [6.45, 7) is 1.40. The SMILES string of the molecule is CC12C(=O)N(c3ccccc3)C(=O)C1CC1C(=CCC3C(=O)N(C(N)=O)C(=O)C31)C2c1ccc(CO)o1. The molecule has 3 fully saturated rings. The number of hydrogen-bond donors (Lipinski definition) is 2. The van der Waals surface area contributed by atoms with Crippen LogP contribution in [0.5, 0.6) is 0 Å². The highest BCUT2D eigenvalue weighted by molar-refractivity contribution is 6.24. The number of benzene rings is 1. The van der Waals surface area contributed by atoms with Gasteiger partial charge in [0.1, 0.15) is 18.1 Å². The molecule has 6 unspecified atom stereocenters. The molecule has 2 aromatic rings. The Kier molecular flexibility index (Phi) is 5.03. The fourth-order valence-corrected chi connectivity index (χ4v) is 6.99. The van der Waals surface area contributed by atoms with E-state index in [9.17, 15) is 29.1 Å². The molecule has 4 aliphatic rings. The van der Waals surface area contributed by atoms with Gasteiger partial charge in [-0.3, -0.25) is 19.2 Å². The summed E-state index contributed by atoms with van der Waals surface area (Å²) in [7, 11) is 0. The standard InChI is InChI=1S/C27H25N3O7/c1-27-18(23(33)29(25(27)35)13-5-3-2-4-6-13)11-17-15(21(27)19-10-7-14(12-31)37-19)8-9-16-20(17)24(34)30(22(16)32)26(28)36/h2-8,10,16-18,20-21,31H,9,11-12H2,1H3,(H2,28,36). The number of aliphatic hydroxyl groups is 1. The Bertz CT molecular complexity index is 1400. The molecule has 0 bridgehead atoms. The number of allylic oxidation sites excluding steroid dienone is 2. The third-order valence-corrected chi connectivity index (χ3v) is 8.63. The summed E-state index contributed by atoms with van der Waals surface area (Å²) >= 11 is 0. The number of urea groups is 1. The Morgan fingerprint density at radius 2 is 1.78 bits per heavy atom. The average Bonchev–Trinajstić information content (AvgIpc) is 3.51. The first-order valence-corrected chi connectivity index (χ1v) is 12.2. The number of primary amides is 1. The second kappa shape index (κ2) is 7.97. The quantitative estimate of drug-likeness (QED) is 0.481. The Hall–Kier alpha value is -4.05. The number of fused-ring (bicyclic) bond motifs is 4. The molecular formula is C27H25N3O7. The highest BCUT2D eigenvalue weighted by atomic mass is 16.4. The maximum atomic E-state index is 14.1. The zero-order valence-electron chi connectivity index (χ0n) is 20.0. The number of likely N-dealkylation sites (tertiary alicyclic amines) is 1. The number of carbonyl (C=O) groups excluding carboxylic acids is 5. The van der Waals surface area contributed by atoms with Gasteiger partial charge in [-0.05, 0) is 49.9 Å². The molecule has 190 valence electrons. The van der Waals surface area contributed by atoms with E-state index in [1.807, 2.05) is 6.08 Å². The van der Waals surface area contributed by atoms with Gasteiger partial charge < -0.3 is 15.3 Å². The summed E-state index contributed by atoms with van der Waals surface area (Å²) in [5.74, 6) is -5.10. The zero-order valence-corrected chi connectivity index (χ0v) is 20.0. The first-order chi connectivity index (χ1) is 17.7. The van der Waals surface area contributed by atoms with Crippen LogP contribution in [-0.2, 0) is 25.8 Å². The molecule has 1 saturated carbocycles. The number of nitrogens with zero attached hydrogens (tertiary/aromatic N) is 2. The van der Waals surface area contributed by atoms with Crippen LogP contribution in [0.2, 0.25) is 0 Å². The Labute approximate surface area is 211 Å². The topological polar surface area (TPSA) is 151 Å². The molecule has 3 heterocycles. The molecule has 2 aliphatic heterocycles. The fraction of sp³-hybridized carbons (Fsp3) is 0.370. The number of aliphatic hydroxyl groups excluding tert-OH is 1. The number of nitrogens with two attached hydrogens (primary N) is 1. The summed E-state index contributed by atoms with van der Waals surface area (Å²) < 4.78 is 5.93. The van der Waals surface area contributed by atoms with Crippen molar-refractivity contribution < 1.29 is 33.5 Å². The van der Waals surface area contributed by atoms with E-state index in [1.165, 1.54) is 4.90 Å². The molecule has 3 N–H and O–H groups in total. The van der Waals surface area contributed by atoms with Gasteiger partial charge in [0.25, 0.3) is 0 Å². The molecule has 10 nitrogen and oxygen atoms in total. The predicted octanol–water partition coefficient (Wildman–Crippen LogP) is 2.08. The van der Waals surface area contributed by atoms with Crippen LogP contribution in [0.15, 0.2) is 58.5 Å². The summed E-state index contributed by atoms with van der Waals surface area (Å²) in [4.78, 5) is 67.8. The van der Waals surface area contributed by atoms with E-state index < -0.39 is 52.8 Å². The Balaban J connectivity index is 1.52. The van der Waals surface area contributed by atoms with E-state index in [4.69, 9.17) is 10.2 Å². The predicted molar refractivity (Wildman–Crippen MR) is 127 cm³/mol. The van der Waals surface area contributed by atoms with E-state index >= 15 is 0 Å². The molecule has 6 amide bonds. The maximum Gasteiger partial charge on any atom is 0.328 e. The van der Waals surface area contributed by atoms with Crippen molar-refractivity contribution in [2.45, 2.75) is 32.3 Å². The maximum absolute atomic E-state index is 14.1. The smallest absolute Gasteiger partial charge is 0.328 e. The molecule has 10 heteroatoms. The van der Waals surface area contributed by atoms with Gasteiger partial charge in [0.2, 0.25) is 23.6 Å². The summed E-state index contributed by atoms with van der Waals surface area (Å²) in [6, 6.07) is 10.8. The van der Waals surface area contributed by atoms with Crippen molar-refractivity contribution >= 4 is 35.3 Å². The Morgan fingerprint density at radius 1 is 1.05 bits per heavy atom. The summed E-state index contributed by atoms with van der Waals surface area (Å²) in [5, 5.41) is 9.62. The van der Waals surface area contributed by atoms with Crippen LogP contribution < -0.4 is 10.6 Å². The van der Waals surface area contributed by atoms with Gasteiger partial charge in [-0.1, -0.05) is 29.8 Å². The van der Waals surface area contributed by atoms with Gasteiger partial charge in [0, 0.05) is 0 Å². The average molecular weight is 504 g/mol. The number of anilines is 1. The van der Waals surface area contributed by atoms with Gasteiger partial charge in [-0.25, -0.2) is 9.69 Å². The minimum absolute atomic E-state index is 0.160. The van der Waals surface area contributed by atoms with E-state index in [-0.39, 0.29) is 31.3 Å². The number of para-hydroxylation sites is 1. The van der Waals surface area contributed by atoms with Crippen molar-refractivity contribution in [3.05, 3.63) is 65.6 Å². The highest BCUT2D eigenvalue weighted by Gasteiger charge is 2.68. The lowest BCUT2D eigenvalue weighted by Gasteiger charge is -2.48. The lowest BCUT2D eigenvalue weighted by Crippen LogP contribution is -2.49. The fourth-order valence-electron chi connectivity index (χ4n) is 6.99. The van der Waals surface area contributed by atoms with Crippen molar-refractivity contribution in [3.63, 3.8) is 0 Å².